The van der Waals surface area contributed by atoms with Crippen LogP contribution in [0.5, 0.6) is 0 Å². The molecule has 30 heavy (non-hydrogen) atoms. The number of hydrogen-bond donors (Lipinski definition) is 0. The number of pyridine rings is 1. The average molecular weight is 400 g/mol. The molecule has 1 aliphatic heterocycles. The molecule has 1 saturated heterocycles. The van der Waals surface area contributed by atoms with Crippen molar-refractivity contribution in [2.45, 2.75) is 38.6 Å². The minimum atomic E-state index is -0.151. The molecule has 1 fully saturated rings. The maximum absolute atomic E-state index is 13.3. The number of amides is 1. The molecule has 4 heterocycles. The number of oxazole rings is 1. The molecular formula is C24H24N4O2. The van der Waals surface area contributed by atoms with Crippen molar-refractivity contribution in [3.8, 4) is 0 Å². The fraction of sp³-hybridized carbons (Fsp3) is 0.292. The van der Waals surface area contributed by atoms with Crippen molar-refractivity contribution < 1.29 is 9.21 Å². The van der Waals surface area contributed by atoms with E-state index in [1.165, 1.54) is 5.56 Å². The van der Waals surface area contributed by atoms with Crippen LogP contribution in [0.2, 0.25) is 0 Å². The van der Waals surface area contributed by atoms with Crippen molar-refractivity contribution in [3.63, 3.8) is 0 Å². The predicted octanol–water partition coefficient (Wildman–Crippen LogP) is 4.59. The molecular weight excluding hydrogens is 376 g/mol. The highest BCUT2D eigenvalue weighted by atomic mass is 16.4. The normalized spacial score (nSPS) is 16.8. The standard InChI is InChI=1S/C24H24N4O2/c1-17-8-7-12-22-26-20(16-28(17)22)24(29)27-13-6-5-11-21(27)23-25-15-19(30-23)14-18-9-3-2-4-10-18/h2-4,7-10,12,15-16,21H,5-6,11,13-14H2,1H3. The lowest BCUT2D eigenvalue weighted by Crippen LogP contribution is -2.38. The number of likely N-dealkylation sites (tertiary alicyclic amines) is 1. The summed E-state index contributed by atoms with van der Waals surface area (Å²) in [6, 6.07) is 15.9. The van der Waals surface area contributed by atoms with Gasteiger partial charge in [-0.15, -0.1) is 0 Å². The Morgan fingerprint density at radius 2 is 2.00 bits per heavy atom. The summed E-state index contributed by atoms with van der Waals surface area (Å²) in [5.74, 6) is 1.37. The number of aromatic nitrogens is 3. The lowest BCUT2D eigenvalue weighted by molar-refractivity contribution is 0.0564. The molecule has 0 bridgehead atoms. The van der Waals surface area contributed by atoms with Gasteiger partial charge in [-0.3, -0.25) is 4.79 Å². The van der Waals surface area contributed by atoms with Crippen LogP contribution in [0.25, 0.3) is 5.65 Å². The molecule has 4 aromatic rings. The van der Waals surface area contributed by atoms with Crippen LogP contribution in [0.1, 0.15) is 58.7 Å². The van der Waals surface area contributed by atoms with Gasteiger partial charge in [0.15, 0.2) is 0 Å². The lowest BCUT2D eigenvalue weighted by Gasteiger charge is -2.33. The molecule has 0 N–H and O–H groups in total. The van der Waals surface area contributed by atoms with Crippen molar-refractivity contribution in [1.29, 1.82) is 0 Å². The fourth-order valence-corrected chi connectivity index (χ4v) is 4.19. The Morgan fingerprint density at radius 1 is 1.13 bits per heavy atom. The van der Waals surface area contributed by atoms with E-state index < -0.39 is 0 Å². The van der Waals surface area contributed by atoms with Gasteiger partial charge < -0.3 is 13.7 Å². The Hall–Kier alpha value is -3.41. The largest absolute Gasteiger partial charge is 0.443 e. The molecule has 1 aliphatic rings. The zero-order valence-electron chi connectivity index (χ0n) is 17.0. The highest BCUT2D eigenvalue weighted by molar-refractivity contribution is 5.93. The van der Waals surface area contributed by atoms with E-state index in [1.807, 2.05) is 58.8 Å². The van der Waals surface area contributed by atoms with Gasteiger partial charge in [0.1, 0.15) is 23.1 Å². The molecule has 3 aromatic heterocycles. The number of benzene rings is 1. The highest BCUT2D eigenvalue weighted by Crippen LogP contribution is 2.32. The number of imidazole rings is 1. The SMILES string of the molecule is Cc1cccc2nc(C(=O)N3CCCCC3c3ncc(Cc4ccccc4)o3)cn12. The first kappa shape index (κ1) is 18.6. The molecule has 0 spiro atoms. The van der Waals surface area contributed by atoms with Gasteiger partial charge in [0, 0.05) is 24.9 Å². The number of carbonyl (C=O) groups is 1. The summed E-state index contributed by atoms with van der Waals surface area (Å²) < 4.78 is 8.04. The van der Waals surface area contributed by atoms with Crippen LogP contribution < -0.4 is 0 Å². The second-order valence-corrected chi connectivity index (χ2v) is 7.86. The third-order valence-corrected chi connectivity index (χ3v) is 5.76. The number of hydrogen-bond acceptors (Lipinski definition) is 4. The van der Waals surface area contributed by atoms with Crippen molar-refractivity contribution >= 4 is 11.6 Å². The Morgan fingerprint density at radius 3 is 2.83 bits per heavy atom. The summed E-state index contributed by atoms with van der Waals surface area (Å²) in [6.07, 6.45) is 7.19. The number of carbonyl (C=O) groups excluding carboxylic acids is 1. The number of fused-ring (bicyclic) bond motifs is 1. The van der Waals surface area contributed by atoms with Crippen LogP contribution >= 0.6 is 0 Å². The molecule has 0 saturated carbocycles. The average Bonchev–Trinajstić information content (AvgIpc) is 3.42. The predicted molar refractivity (Wildman–Crippen MR) is 113 cm³/mol. The summed E-state index contributed by atoms with van der Waals surface area (Å²) in [5.41, 5.74) is 3.48. The van der Waals surface area contributed by atoms with Crippen LogP contribution in [0.4, 0.5) is 0 Å². The number of nitrogens with zero attached hydrogens (tertiary/aromatic N) is 4. The molecule has 5 rings (SSSR count). The minimum absolute atomic E-state index is 0.0643. The second kappa shape index (κ2) is 7.78. The van der Waals surface area contributed by atoms with Gasteiger partial charge in [0.05, 0.1) is 6.20 Å². The van der Waals surface area contributed by atoms with E-state index in [0.29, 0.717) is 24.6 Å². The van der Waals surface area contributed by atoms with Gasteiger partial charge in [-0.2, -0.15) is 0 Å². The highest BCUT2D eigenvalue weighted by Gasteiger charge is 2.33. The van der Waals surface area contributed by atoms with Gasteiger partial charge in [-0.25, -0.2) is 9.97 Å². The van der Waals surface area contributed by atoms with Gasteiger partial charge in [0.25, 0.3) is 5.91 Å². The molecule has 0 radical (unpaired) electrons. The molecule has 1 unspecified atom stereocenters. The summed E-state index contributed by atoms with van der Waals surface area (Å²) in [7, 11) is 0. The quantitative estimate of drug-likeness (QED) is 0.503. The van der Waals surface area contributed by atoms with Crippen molar-refractivity contribution in [1.82, 2.24) is 19.3 Å². The fourth-order valence-electron chi connectivity index (χ4n) is 4.19. The number of aryl methyl sites for hydroxylation is 1. The Kier molecular flexibility index (Phi) is 4.83. The smallest absolute Gasteiger partial charge is 0.274 e. The third-order valence-electron chi connectivity index (χ3n) is 5.76. The van der Waals surface area contributed by atoms with Crippen molar-refractivity contribution in [2.75, 3.05) is 6.54 Å². The van der Waals surface area contributed by atoms with E-state index in [9.17, 15) is 4.79 Å². The maximum atomic E-state index is 13.3. The van der Waals surface area contributed by atoms with E-state index in [2.05, 4.69) is 22.1 Å². The molecule has 152 valence electrons. The van der Waals surface area contributed by atoms with E-state index >= 15 is 0 Å². The summed E-state index contributed by atoms with van der Waals surface area (Å²) >= 11 is 0. The van der Waals surface area contributed by atoms with E-state index in [0.717, 1.165) is 36.4 Å². The lowest BCUT2D eigenvalue weighted by atomic mass is 10.0. The summed E-state index contributed by atoms with van der Waals surface area (Å²) in [5, 5.41) is 0. The molecule has 1 aromatic carbocycles. The maximum Gasteiger partial charge on any atom is 0.274 e. The zero-order valence-corrected chi connectivity index (χ0v) is 17.0. The molecule has 6 nitrogen and oxygen atoms in total. The minimum Gasteiger partial charge on any atom is -0.443 e. The summed E-state index contributed by atoms with van der Waals surface area (Å²) in [4.78, 5) is 24.3. The van der Waals surface area contributed by atoms with Crippen molar-refractivity contribution in [2.24, 2.45) is 0 Å². The van der Waals surface area contributed by atoms with E-state index in [1.54, 1.807) is 6.20 Å². The monoisotopic (exact) mass is 400 g/mol. The summed E-state index contributed by atoms with van der Waals surface area (Å²) in [6.45, 7) is 2.69. The van der Waals surface area contributed by atoms with Gasteiger partial charge in [0.2, 0.25) is 5.89 Å². The van der Waals surface area contributed by atoms with Crippen LogP contribution in [0.3, 0.4) is 0 Å². The van der Waals surface area contributed by atoms with E-state index in [4.69, 9.17) is 4.42 Å². The van der Waals surface area contributed by atoms with E-state index in [-0.39, 0.29) is 11.9 Å². The first-order chi connectivity index (χ1) is 14.7. The number of piperidine rings is 1. The molecule has 1 atom stereocenters. The topological polar surface area (TPSA) is 63.6 Å². The first-order valence-electron chi connectivity index (χ1n) is 10.4. The first-order valence-corrected chi connectivity index (χ1v) is 10.4. The van der Waals surface area contributed by atoms with Crippen molar-refractivity contribution in [3.05, 3.63) is 89.5 Å². The Balaban J connectivity index is 1.40. The molecule has 6 heteroatoms. The van der Waals surface area contributed by atoms with Gasteiger partial charge in [-0.1, -0.05) is 36.4 Å². The number of rotatable bonds is 4. The van der Waals surface area contributed by atoms with Crippen LogP contribution in [0, 0.1) is 6.92 Å². The third kappa shape index (κ3) is 3.49. The molecule has 1 amide bonds. The van der Waals surface area contributed by atoms with Crippen LogP contribution in [-0.4, -0.2) is 31.7 Å². The molecule has 0 aliphatic carbocycles. The van der Waals surface area contributed by atoms with Gasteiger partial charge in [-0.05, 0) is 43.9 Å². The zero-order chi connectivity index (χ0) is 20.5. The Labute approximate surface area is 175 Å². The van der Waals surface area contributed by atoms with Crippen LogP contribution in [0.15, 0.2) is 65.3 Å². The van der Waals surface area contributed by atoms with Gasteiger partial charge >= 0.3 is 0 Å². The van der Waals surface area contributed by atoms with Crippen LogP contribution in [-0.2, 0) is 6.42 Å². The Bertz CT molecular complexity index is 1180. The second-order valence-electron chi connectivity index (χ2n) is 7.86.